The number of barbiturate groups is 1. The monoisotopic (exact) mass is 540 g/mol. The first-order valence-electron chi connectivity index (χ1n) is 10.1. The van der Waals surface area contributed by atoms with E-state index in [0.29, 0.717) is 34.4 Å². The Labute approximate surface area is 209 Å². The second-order valence-electron chi connectivity index (χ2n) is 7.26. The molecule has 172 valence electrons. The van der Waals surface area contributed by atoms with E-state index in [1.807, 2.05) is 24.3 Å². The van der Waals surface area contributed by atoms with Crippen LogP contribution in [0.2, 0.25) is 5.02 Å². The molecule has 0 bridgehead atoms. The van der Waals surface area contributed by atoms with Crippen molar-refractivity contribution >= 4 is 57.1 Å². The molecule has 0 aromatic heterocycles. The molecule has 0 atom stereocenters. The van der Waals surface area contributed by atoms with Crippen molar-refractivity contribution in [2.45, 2.75) is 6.61 Å². The van der Waals surface area contributed by atoms with Crippen LogP contribution in [0.25, 0.3) is 6.08 Å². The van der Waals surface area contributed by atoms with E-state index in [2.05, 4.69) is 21.2 Å². The van der Waals surface area contributed by atoms with Gasteiger partial charge in [0.05, 0.1) is 17.8 Å². The van der Waals surface area contributed by atoms with Crippen molar-refractivity contribution in [3.8, 4) is 11.5 Å². The summed E-state index contributed by atoms with van der Waals surface area (Å²) in [7, 11) is 1.51. The van der Waals surface area contributed by atoms with E-state index in [1.165, 1.54) is 13.2 Å². The van der Waals surface area contributed by atoms with E-state index < -0.39 is 17.8 Å². The second kappa shape index (κ2) is 10.1. The number of methoxy groups -OCH3 is 1. The Hall–Kier alpha value is -3.62. The predicted octanol–water partition coefficient (Wildman–Crippen LogP) is 5.36. The van der Waals surface area contributed by atoms with E-state index in [0.717, 1.165) is 14.9 Å². The fourth-order valence-corrected chi connectivity index (χ4v) is 3.76. The number of halogens is 2. The van der Waals surface area contributed by atoms with Gasteiger partial charge < -0.3 is 9.47 Å². The molecule has 1 heterocycles. The number of carbonyl (C=O) groups excluding carboxylic acids is 3. The van der Waals surface area contributed by atoms with Crippen molar-refractivity contribution < 1.29 is 23.9 Å². The minimum absolute atomic E-state index is 0.199. The van der Waals surface area contributed by atoms with Crippen molar-refractivity contribution in [1.29, 1.82) is 0 Å². The number of hydrogen-bond donors (Lipinski definition) is 1. The summed E-state index contributed by atoms with van der Waals surface area (Å²) < 4.78 is 11.9. The molecule has 1 saturated heterocycles. The van der Waals surface area contributed by atoms with Crippen LogP contribution in [0, 0.1) is 0 Å². The van der Waals surface area contributed by atoms with Gasteiger partial charge in [-0.3, -0.25) is 14.9 Å². The average Bonchev–Trinajstić information content (AvgIpc) is 2.82. The molecule has 1 fully saturated rings. The first-order chi connectivity index (χ1) is 16.4. The van der Waals surface area contributed by atoms with Crippen LogP contribution in [0.4, 0.5) is 10.5 Å². The maximum Gasteiger partial charge on any atom is 0.335 e. The maximum absolute atomic E-state index is 13.0. The molecule has 4 amide bonds. The number of nitrogens with one attached hydrogen (secondary N) is 1. The van der Waals surface area contributed by atoms with E-state index in [4.69, 9.17) is 21.1 Å². The highest BCUT2D eigenvalue weighted by Gasteiger charge is 2.36. The Bertz CT molecular complexity index is 1290. The predicted molar refractivity (Wildman–Crippen MR) is 132 cm³/mol. The third kappa shape index (κ3) is 5.13. The molecule has 4 rings (SSSR count). The van der Waals surface area contributed by atoms with Crippen LogP contribution in [-0.2, 0) is 16.2 Å². The van der Waals surface area contributed by atoms with Crippen molar-refractivity contribution in [1.82, 2.24) is 5.32 Å². The minimum Gasteiger partial charge on any atom is -0.497 e. The van der Waals surface area contributed by atoms with E-state index >= 15 is 0 Å². The number of urea groups is 1. The zero-order valence-corrected chi connectivity index (χ0v) is 20.2. The molecular formula is C25H18BrClN2O5. The molecule has 1 aliphatic rings. The van der Waals surface area contributed by atoms with Gasteiger partial charge in [-0.1, -0.05) is 45.7 Å². The number of amides is 4. The van der Waals surface area contributed by atoms with Crippen LogP contribution >= 0.6 is 27.5 Å². The number of rotatable bonds is 6. The van der Waals surface area contributed by atoms with E-state index in [9.17, 15) is 14.4 Å². The van der Waals surface area contributed by atoms with Crippen molar-refractivity contribution in [3.05, 3.63) is 92.9 Å². The lowest BCUT2D eigenvalue weighted by Crippen LogP contribution is -2.54. The Balaban J connectivity index is 1.54. The average molecular weight is 542 g/mol. The molecule has 0 radical (unpaired) electrons. The number of benzene rings is 3. The van der Waals surface area contributed by atoms with Gasteiger partial charge in [0.1, 0.15) is 23.7 Å². The number of nitrogens with zero attached hydrogens (tertiary/aromatic N) is 1. The number of hydrogen-bond acceptors (Lipinski definition) is 5. The minimum atomic E-state index is -0.827. The zero-order chi connectivity index (χ0) is 24.2. The molecule has 0 saturated carbocycles. The summed E-state index contributed by atoms with van der Waals surface area (Å²) in [6.45, 7) is 0.327. The maximum atomic E-state index is 13.0. The Morgan fingerprint density at radius 3 is 2.35 bits per heavy atom. The summed E-state index contributed by atoms with van der Waals surface area (Å²) >= 11 is 9.75. The Morgan fingerprint density at radius 1 is 1.00 bits per heavy atom. The summed E-state index contributed by atoms with van der Waals surface area (Å²) in [6, 6.07) is 18.1. The molecule has 9 heteroatoms. The summed E-state index contributed by atoms with van der Waals surface area (Å²) in [5.41, 5.74) is 1.58. The summed E-state index contributed by atoms with van der Waals surface area (Å²) in [6.07, 6.45) is 1.38. The van der Waals surface area contributed by atoms with Crippen LogP contribution in [0.15, 0.2) is 76.8 Å². The molecule has 7 nitrogen and oxygen atoms in total. The summed E-state index contributed by atoms with van der Waals surface area (Å²) in [5, 5.41) is 2.51. The largest absolute Gasteiger partial charge is 0.497 e. The van der Waals surface area contributed by atoms with Crippen molar-refractivity contribution in [3.63, 3.8) is 0 Å². The Kier molecular flexibility index (Phi) is 7.00. The van der Waals surface area contributed by atoms with Crippen LogP contribution in [0.1, 0.15) is 11.1 Å². The Morgan fingerprint density at radius 2 is 1.71 bits per heavy atom. The molecule has 1 aliphatic heterocycles. The number of carbonyl (C=O) groups is 3. The summed E-state index contributed by atoms with van der Waals surface area (Å²) in [5.74, 6) is -0.504. The molecule has 0 spiro atoms. The van der Waals surface area contributed by atoms with Gasteiger partial charge in [-0.2, -0.15) is 0 Å². The molecule has 3 aromatic carbocycles. The molecule has 34 heavy (non-hydrogen) atoms. The van der Waals surface area contributed by atoms with Gasteiger partial charge in [0.25, 0.3) is 11.8 Å². The fourth-order valence-electron chi connectivity index (χ4n) is 3.26. The molecular weight excluding hydrogens is 524 g/mol. The van der Waals surface area contributed by atoms with E-state index in [-0.39, 0.29) is 5.57 Å². The van der Waals surface area contributed by atoms with Crippen LogP contribution in [-0.4, -0.2) is 25.0 Å². The van der Waals surface area contributed by atoms with Gasteiger partial charge in [-0.15, -0.1) is 0 Å². The fraction of sp³-hybridized carbons (Fsp3) is 0.0800. The highest BCUT2D eigenvalue weighted by atomic mass is 79.9. The van der Waals surface area contributed by atoms with Crippen molar-refractivity contribution in [2.75, 3.05) is 12.0 Å². The standard InChI is InChI=1S/C25H18BrClN2O5/c1-33-19-9-7-18(8-10-19)29-24(31)20(23(30)28-25(29)32)12-16-4-11-22(21(27)13-16)34-14-15-2-5-17(26)6-3-15/h2-13H,14H2,1H3,(H,28,30,32)/b20-12+. The normalized spacial score (nSPS) is 14.9. The zero-order valence-electron chi connectivity index (χ0n) is 17.9. The summed E-state index contributed by atoms with van der Waals surface area (Å²) in [4.78, 5) is 38.7. The smallest absolute Gasteiger partial charge is 0.335 e. The number of ether oxygens (including phenoxy) is 2. The van der Waals surface area contributed by atoms with Gasteiger partial charge in [0.2, 0.25) is 0 Å². The van der Waals surface area contributed by atoms with Gasteiger partial charge >= 0.3 is 6.03 Å². The quantitative estimate of drug-likeness (QED) is 0.336. The lowest BCUT2D eigenvalue weighted by molar-refractivity contribution is -0.122. The van der Waals surface area contributed by atoms with Gasteiger partial charge in [-0.05, 0) is 65.7 Å². The molecule has 0 unspecified atom stereocenters. The second-order valence-corrected chi connectivity index (χ2v) is 8.58. The lowest BCUT2D eigenvalue weighted by atomic mass is 10.1. The van der Waals surface area contributed by atoms with Gasteiger partial charge in [0.15, 0.2) is 0 Å². The van der Waals surface area contributed by atoms with E-state index in [1.54, 1.807) is 42.5 Å². The van der Waals surface area contributed by atoms with Crippen LogP contribution in [0.5, 0.6) is 11.5 Å². The number of imide groups is 2. The van der Waals surface area contributed by atoms with Gasteiger partial charge in [0, 0.05) is 4.47 Å². The highest BCUT2D eigenvalue weighted by molar-refractivity contribution is 9.10. The lowest BCUT2D eigenvalue weighted by Gasteiger charge is -2.26. The van der Waals surface area contributed by atoms with Crippen LogP contribution < -0.4 is 19.7 Å². The first kappa shape index (κ1) is 23.5. The molecule has 1 N–H and O–H groups in total. The third-order valence-electron chi connectivity index (χ3n) is 5.01. The molecule has 0 aliphatic carbocycles. The highest BCUT2D eigenvalue weighted by Crippen LogP contribution is 2.29. The third-order valence-corrected chi connectivity index (χ3v) is 5.83. The topological polar surface area (TPSA) is 84.9 Å². The first-order valence-corrected chi connectivity index (χ1v) is 11.2. The molecule has 3 aromatic rings. The number of anilines is 1. The van der Waals surface area contributed by atoms with Crippen LogP contribution in [0.3, 0.4) is 0 Å². The van der Waals surface area contributed by atoms with Gasteiger partial charge in [-0.25, -0.2) is 9.69 Å². The van der Waals surface area contributed by atoms with Crippen molar-refractivity contribution in [2.24, 2.45) is 0 Å². The SMILES string of the molecule is COc1ccc(N2C(=O)NC(=O)/C(=C\c3ccc(OCc4ccc(Br)cc4)c(Cl)c3)C2=O)cc1.